The molecule has 144 valence electrons. The van der Waals surface area contributed by atoms with Gasteiger partial charge >= 0.3 is 0 Å². The van der Waals surface area contributed by atoms with Crippen LogP contribution in [-0.4, -0.2) is 31.1 Å². The number of guanidine groups is 1. The van der Waals surface area contributed by atoms with Crippen LogP contribution in [0.25, 0.3) is 0 Å². The van der Waals surface area contributed by atoms with E-state index in [1.165, 1.54) is 17.0 Å². The fourth-order valence-corrected chi connectivity index (χ4v) is 3.40. The normalized spacial score (nSPS) is 11.8. The molecule has 2 N–H and O–H groups in total. The highest BCUT2D eigenvalue weighted by molar-refractivity contribution is 14.0. The van der Waals surface area contributed by atoms with Gasteiger partial charge in [0.15, 0.2) is 5.96 Å². The lowest BCUT2D eigenvalue weighted by Gasteiger charge is -2.26. The number of benzene rings is 1. The van der Waals surface area contributed by atoms with Crippen molar-refractivity contribution in [3.05, 3.63) is 51.2 Å². The molecule has 0 radical (unpaired) electrons. The van der Waals surface area contributed by atoms with Gasteiger partial charge in [-0.1, -0.05) is 26.0 Å². The molecule has 0 atom stereocenters. The minimum absolute atomic E-state index is 0. The van der Waals surface area contributed by atoms with E-state index in [0.717, 1.165) is 35.2 Å². The largest absolute Gasteiger partial charge is 0.356 e. The first kappa shape index (κ1) is 22.8. The van der Waals surface area contributed by atoms with Crippen LogP contribution in [-0.2, 0) is 11.8 Å². The molecule has 1 aromatic carbocycles. The number of aromatic nitrogens is 1. The zero-order valence-corrected chi connectivity index (χ0v) is 19.2. The number of aryl methyl sites for hydroxylation is 2. The summed E-state index contributed by atoms with van der Waals surface area (Å²) in [6.07, 6.45) is 0.876. The number of nitrogens with one attached hydrogen (secondary N) is 2. The molecule has 7 heteroatoms. The van der Waals surface area contributed by atoms with Crippen molar-refractivity contribution in [3.63, 3.8) is 0 Å². The summed E-state index contributed by atoms with van der Waals surface area (Å²) in [6.45, 7) is 9.88. The molecule has 2 aromatic rings. The van der Waals surface area contributed by atoms with Crippen molar-refractivity contribution in [3.8, 4) is 0 Å². The molecule has 4 nitrogen and oxygen atoms in total. The Bertz CT molecular complexity index is 706. The Morgan fingerprint density at radius 1 is 1.19 bits per heavy atom. The molecule has 1 heterocycles. The molecule has 0 aliphatic carbocycles. The van der Waals surface area contributed by atoms with Crippen LogP contribution in [0.15, 0.2) is 29.3 Å². The Hall–Kier alpha value is -1.22. The number of aliphatic imine (C=N–C) groups is 1. The van der Waals surface area contributed by atoms with Crippen molar-refractivity contribution >= 4 is 41.3 Å². The average molecular weight is 490 g/mol. The van der Waals surface area contributed by atoms with Gasteiger partial charge in [0, 0.05) is 36.9 Å². The second kappa shape index (κ2) is 10.2. The standard InChI is InChI=1S/C19H27FN4S.HI/c1-13-14(2)25-17(24-13)10-11-22-18(21-5)23-12-19(3,4)15-6-8-16(20)9-7-15;/h6-9H,10-12H2,1-5H3,(H2,21,22,23);1H. The monoisotopic (exact) mass is 490 g/mol. The minimum atomic E-state index is -0.211. The predicted octanol–water partition coefficient (Wildman–Crippen LogP) is 4.20. The third-order valence-corrected chi connectivity index (χ3v) is 5.38. The Balaban J connectivity index is 0.00000338. The third-order valence-electron chi connectivity index (χ3n) is 4.25. The van der Waals surface area contributed by atoms with E-state index in [-0.39, 0.29) is 35.2 Å². The van der Waals surface area contributed by atoms with Crippen molar-refractivity contribution in [2.45, 2.75) is 39.5 Å². The molecular formula is C19H28FIN4S. The number of nitrogens with zero attached hydrogens (tertiary/aromatic N) is 2. The molecule has 0 saturated heterocycles. The lowest BCUT2D eigenvalue weighted by atomic mass is 9.84. The molecule has 0 unspecified atom stereocenters. The van der Waals surface area contributed by atoms with Crippen LogP contribution >= 0.6 is 35.3 Å². The SMILES string of the molecule is CN=C(NCCc1nc(C)c(C)s1)NCC(C)(C)c1ccc(F)cc1.I. The van der Waals surface area contributed by atoms with E-state index in [1.54, 1.807) is 18.4 Å². The Morgan fingerprint density at radius 2 is 1.85 bits per heavy atom. The van der Waals surface area contributed by atoms with Gasteiger partial charge < -0.3 is 10.6 Å². The molecule has 0 spiro atoms. The number of rotatable bonds is 6. The zero-order chi connectivity index (χ0) is 18.4. The first-order valence-electron chi connectivity index (χ1n) is 8.45. The molecule has 2 rings (SSSR count). The van der Waals surface area contributed by atoms with E-state index in [1.807, 2.05) is 19.1 Å². The smallest absolute Gasteiger partial charge is 0.191 e. The number of halogens is 2. The molecule has 0 aliphatic rings. The molecule has 0 fully saturated rings. The van der Waals surface area contributed by atoms with Crippen LogP contribution in [0.4, 0.5) is 4.39 Å². The second-order valence-electron chi connectivity index (χ2n) is 6.74. The minimum Gasteiger partial charge on any atom is -0.356 e. The van der Waals surface area contributed by atoms with Crippen LogP contribution < -0.4 is 10.6 Å². The van der Waals surface area contributed by atoms with Gasteiger partial charge in [-0.05, 0) is 31.5 Å². The summed E-state index contributed by atoms with van der Waals surface area (Å²) >= 11 is 1.75. The third kappa shape index (κ3) is 6.50. The van der Waals surface area contributed by atoms with Crippen LogP contribution in [0.3, 0.4) is 0 Å². The first-order valence-corrected chi connectivity index (χ1v) is 9.27. The molecule has 0 saturated carbocycles. The second-order valence-corrected chi connectivity index (χ2v) is 8.03. The molecule has 1 aromatic heterocycles. The number of hydrogen-bond donors (Lipinski definition) is 2. The van der Waals surface area contributed by atoms with Gasteiger partial charge in [-0.15, -0.1) is 35.3 Å². The van der Waals surface area contributed by atoms with E-state index >= 15 is 0 Å². The van der Waals surface area contributed by atoms with Crippen molar-refractivity contribution in [2.75, 3.05) is 20.1 Å². The van der Waals surface area contributed by atoms with Crippen molar-refractivity contribution in [1.29, 1.82) is 0 Å². The van der Waals surface area contributed by atoms with Crippen LogP contribution in [0.1, 0.15) is 35.0 Å². The van der Waals surface area contributed by atoms with Crippen LogP contribution in [0.5, 0.6) is 0 Å². The van der Waals surface area contributed by atoms with Gasteiger partial charge in [0.05, 0.1) is 10.7 Å². The maximum absolute atomic E-state index is 13.1. The topological polar surface area (TPSA) is 49.3 Å². The molecular weight excluding hydrogens is 462 g/mol. The summed E-state index contributed by atoms with van der Waals surface area (Å²) < 4.78 is 13.1. The average Bonchev–Trinajstić information content (AvgIpc) is 2.89. The highest BCUT2D eigenvalue weighted by Gasteiger charge is 2.21. The lowest BCUT2D eigenvalue weighted by molar-refractivity contribution is 0.507. The number of thiazole rings is 1. The van der Waals surface area contributed by atoms with Gasteiger partial charge in [-0.2, -0.15) is 0 Å². The maximum atomic E-state index is 13.1. The highest BCUT2D eigenvalue weighted by atomic mass is 127. The predicted molar refractivity (Wildman–Crippen MR) is 119 cm³/mol. The van der Waals surface area contributed by atoms with Gasteiger partial charge in [0.1, 0.15) is 5.82 Å². The van der Waals surface area contributed by atoms with E-state index in [2.05, 4.69) is 41.4 Å². The van der Waals surface area contributed by atoms with Gasteiger partial charge in [-0.3, -0.25) is 4.99 Å². The first-order chi connectivity index (χ1) is 11.8. The Kier molecular flexibility index (Phi) is 8.95. The van der Waals surface area contributed by atoms with Crippen LogP contribution in [0.2, 0.25) is 0 Å². The fourth-order valence-electron chi connectivity index (χ4n) is 2.46. The summed E-state index contributed by atoms with van der Waals surface area (Å²) in [6, 6.07) is 6.67. The lowest BCUT2D eigenvalue weighted by Crippen LogP contribution is -2.44. The summed E-state index contributed by atoms with van der Waals surface area (Å²) in [5.74, 6) is 0.554. The number of hydrogen-bond acceptors (Lipinski definition) is 3. The maximum Gasteiger partial charge on any atom is 0.191 e. The Labute approximate surface area is 176 Å². The molecule has 0 aliphatic heterocycles. The van der Waals surface area contributed by atoms with Crippen molar-refractivity contribution in [1.82, 2.24) is 15.6 Å². The summed E-state index contributed by atoms with van der Waals surface area (Å²) in [5.41, 5.74) is 2.07. The molecule has 26 heavy (non-hydrogen) atoms. The van der Waals surface area contributed by atoms with E-state index in [0.29, 0.717) is 6.54 Å². The molecule has 0 amide bonds. The van der Waals surface area contributed by atoms with E-state index < -0.39 is 0 Å². The summed E-state index contributed by atoms with van der Waals surface area (Å²) in [7, 11) is 1.76. The summed E-state index contributed by atoms with van der Waals surface area (Å²) in [4.78, 5) is 10.1. The van der Waals surface area contributed by atoms with Gasteiger partial charge in [0.2, 0.25) is 0 Å². The fraction of sp³-hybridized carbons (Fsp3) is 0.474. The van der Waals surface area contributed by atoms with E-state index in [4.69, 9.17) is 0 Å². The van der Waals surface area contributed by atoms with E-state index in [9.17, 15) is 4.39 Å². The molecule has 0 bridgehead atoms. The summed E-state index contributed by atoms with van der Waals surface area (Å²) in [5, 5.41) is 7.82. The zero-order valence-electron chi connectivity index (χ0n) is 16.0. The van der Waals surface area contributed by atoms with Gasteiger partial charge in [0.25, 0.3) is 0 Å². The van der Waals surface area contributed by atoms with Gasteiger partial charge in [-0.25, -0.2) is 9.37 Å². The quantitative estimate of drug-likeness (QED) is 0.363. The highest BCUT2D eigenvalue weighted by Crippen LogP contribution is 2.22. The van der Waals surface area contributed by atoms with Crippen molar-refractivity contribution in [2.24, 2.45) is 4.99 Å². The van der Waals surface area contributed by atoms with Crippen LogP contribution in [0, 0.1) is 19.7 Å². The van der Waals surface area contributed by atoms with Crippen molar-refractivity contribution < 1.29 is 4.39 Å². The Morgan fingerprint density at radius 3 is 2.38 bits per heavy atom.